The van der Waals surface area contributed by atoms with Gasteiger partial charge in [-0.25, -0.2) is 0 Å². The Labute approximate surface area is 115 Å². The fraction of sp³-hybridized carbons (Fsp3) is 0.818. The number of nitrogens with zero attached hydrogens (tertiary/aromatic N) is 4. The van der Waals surface area contributed by atoms with Gasteiger partial charge in [-0.15, -0.1) is 0 Å². The van der Waals surface area contributed by atoms with Crippen molar-refractivity contribution >= 4 is 10.2 Å². The van der Waals surface area contributed by atoms with Gasteiger partial charge in [0.15, 0.2) is 0 Å². The van der Waals surface area contributed by atoms with Crippen LogP contribution in [0.15, 0.2) is 0 Å². The number of ether oxygens (including phenoxy) is 1. The van der Waals surface area contributed by atoms with Crippen molar-refractivity contribution in [1.82, 2.24) is 8.61 Å². The third-order valence-corrected chi connectivity index (χ3v) is 4.82. The SMILES string of the molecule is COCCN(CCC#N)S(=O)(=O)N(C)C(C)CC#N. The Balaban J connectivity index is 4.95. The van der Waals surface area contributed by atoms with E-state index >= 15 is 0 Å². The summed E-state index contributed by atoms with van der Waals surface area (Å²) in [5.41, 5.74) is 0. The first-order chi connectivity index (χ1) is 8.91. The van der Waals surface area contributed by atoms with Crippen LogP contribution < -0.4 is 0 Å². The quantitative estimate of drug-likeness (QED) is 0.609. The number of hydrogen-bond acceptors (Lipinski definition) is 5. The van der Waals surface area contributed by atoms with Crippen molar-refractivity contribution in [3.8, 4) is 12.1 Å². The maximum absolute atomic E-state index is 12.3. The third kappa shape index (κ3) is 5.53. The topological polar surface area (TPSA) is 97.4 Å². The van der Waals surface area contributed by atoms with Crippen molar-refractivity contribution in [3.63, 3.8) is 0 Å². The van der Waals surface area contributed by atoms with E-state index in [1.165, 1.54) is 18.5 Å². The molecule has 0 radical (unpaired) electrons. The molecule has 0 aliphatic heterocycles. The molecule has 0 saturated heterocycles. The molecule has 0 aromatic heterocycles. The van der Waals surface area contributed by atoms with Crippen LogP contribution in [0.2, 0.25) is 0 Å². The summed E-state index contributed by atoms with van der Waals surface area (Å²) in [7, 11) is -0.765. The van der Waals surface area contributed by atoms with Gasteiger partial charge in [0.2, 0.25) is 0 Å². The maximum Gasteiger partial charge on any atom is 0.282 e. The van der Waals surface area contributed by atoms with Gasteiger partial charge in [0.05, 0.1) is 25.2 Å². The summed E-state index contributed by atoms with van der Waals surface area (Å²) in [6, 6.07) is 3.45. The van der Waals surface area contributed by atoms with Crippen molar-refractivity contribution in [2.75, 3.05) is 33.9 Å². The molecule has 7 nitrogen and oxygen atoms in total. The number of rotatable bonds is 9. The molecule has 0 N–H and O–H groups in total. The van der Waals surface area contributed by atoms with Gasteiger partial charge in [0.1, 0.15) is 0 Å². The Morgan fingerprint density at radius 2 is 1.89 bits per heavy atom. The van der Waals surface area contributed by atoms with E-state index in [-0.39, 0.29) is 32.5 Å². The summed E-state index contributed by atoms with van der Waals surface area (Å²) < 4.78 is 31.9. The highest BCUT2D eigenvalue weighted by Gasteiger charge is 2.29. The lowest BCUT2D eigenvalue weighted by atomic mass is 10.3. The van der Waals surface area contributed by atoms with Crippen molar-refractivity contribution in [1.29, 1.82) is 10.5 Å². The van der Waals surface area contributed by atoms with E-state index < -0.39 is 16.3 Å². The van der Waals surface area contributed by atoms with Crippen molar-refractivity contribution in [2.45, 2.75) is 25.8 Å². The molecule has 0 saturated carbocycles. The summed E-state index contributed by atoms with van der Waals surface area (Å²) in [5, 5.41) is 17.2. The predicted octanol–water partition coefficient (Wildman–Crippen LogP) is 0.327. The van der Waals surface area contributed by atoms with Crippen LogP contribution in [0.4, 0.5) is 0 Å². The summed E-state index contributed by atoms with van der Waals surface area (Å²) in [6.45, 7) is 2.22. The molecule has 0 aliphatic rings. The molecule has 1 unspecified atom stereocenters. The minimum absolute atomic E-state index is 0.114. The lowest BCUT2D eigenvalue weighted by molar-refractivity contribution is 0.176. The van der Waals surface area contributed by atoms with Gasteiger partial charge in [0.25, 0.3) is 10.2 Å². The molecule has 0 aromatic rings. The lowest BCUT2D eigenvalue weighted by Crippen LogP contribution is -2.47. The normalized spacial score (nSPS) is 13.2. The van der Waals surface area contributed by atoms with Crippen LogP contribution in [0.1, 0.15) is 19.8 Å². The summed E-state index contributed by atoms with van der Waals surface area (Å²) in [4.78, 5) is 0. The number of methoxy groups -OCH3 is 1. The molecule has 0 bridgehead atoms. The molecule has 0 fully saturated rings. The second-order valence-corrected chi connectivity index (χ2v) is 6.02. The van der Waals surface area contributed by atoms with Crippen LogP contribution in [0, 0.1) is 22.7 Å². The van der Waals surface area contributed by atoms with E-state index in [0.29, 0.717) is 0 Å². The zero-order valence-corrected chi connectivity index (χ0v) is 12.4. The smallest absolute Gasteiger partial charge is 0.282 e. The Kier molecular flexibility index (Phi) is 8.28. The predicted molar refractivity (Wildman–Crippen MR) is 70.1 cm³/mol. The van der Waals surface area contributed by atoms with Crippen molar-refractivity contribution < 1.29 is 13.2 Å². The first kappa shape index (κ1) is 17.8. The second-order valence-electron chi connectivity index (χ2n) is 4.04. The van der Waals surface area contributed by atoms with Crippen LogP contribution in [0.5, 0.6) is 0 Å². The van der Waals surface area contributed by atoms with Gasteiger partial charge in [-0.1, -0.05) is 0 Å². The average Bonchev–Trinajstić information content (AvgIpc) is 2.37. The minimum Gasteiger partial charge on any atom is -0.383 e. The standard InChI is InChI=1S/C11H20N4O3S/c1-11(5-7-13)14(2)19(16,17)15(8-4-6-12)9-10-18-3/h11H,4-5,8-10H2,1-3H3. The second kappa shape index (κ2) is 8.83. The Hall–Kier alpha value is -1.19. The molecule has 0 amide bonds. The minimum atomic E-state index is -3.68. The summed E-state index contributed by atoms with van der Waals surface area (Å²) in [6.07, 6.45) is 0.232. The first-order valence-corrected chi connectivity index (χ1v) is 7.27. The number of hydrogen-bond donors (Lipinski definition) is 0. The van der Waals surface area contributed by atoms with Gasteiger partial charge in [-0.05, 0) is 6.92 Å². The van der Waals surface area contributed by atoms with E-state index in [0.717, 1.165) is 4.31 Å². The lowest BCUT2D eigenvalue weighted by Gasteiger charge is -2.29. The van der Waals surface area contributed by atoms with Gasteiger partial charge in [0, 0.05) is 39.7 Å². The molecule has 0 aromatic carbocycles. The Bertz CT molecular complexity index is 438. The first-order valence-electron chi connectivity index (χ1n) is 5.87. The largest absolute Gasteiger partial charge is 0.383 e. The third-order valence-electron chi connectivity index (χ3n) is 2.72. The van der Waals surface area contributed by atoms with Crippen LogP contribution in [-0.4, -0.2) is 56.9 Å². The average molecular weight is 288 g/mol. The van der Waals surface area contributed by atoms with Crippen LogP contribution in [0.3, 0.4) is 0 Å². The van der Waals surface area contributed by atoms with Gasteiger partial charge in [-0.2, -0.15) is 27.6 Å². The van der Waals surface area contributed by atoms with Gasteiger partial charge < -0.3 is 4.74 Å². The zero-order valence-electron chi connectivity index (χ0n) is 11.5. The van der Waals surface area contributed by atoms with Crippen molar-refractivity contribution in [2.24, 2.45) is 0 Å². The molecule has 19 heavy (non-hydrogen) atoms. The van der Waals surface area contributed by atoms with E-state index in [1.807, 2.05) is 12.1 Å². The molecule has 0 rings (SSSR count). The van der Waals surface area contributed by atoms with E-state index in [2.05, 4.69) is 0 Å². The molecule has 0 heterocycles. The zero-order chi connectivity index (χ0) is 14.9. The summed E-state index contributed by atoms with van der Waals surface area (Å²) in [5.74, 6) is 0. The summed E-state index contributed by atoms with van der Waals surface area (Å²) >= 11 is 0. The van der Waals surface area contributed by atoms with Crippen molar-refractivity contribution in [3.05, 3.63) is 0 Å². The Morgan fingerprint density at radius 1 is 1.26 bits per heavy atom. The number of nitriles is 2. The van der Waals surface area contributed by atoms with E-state index in [4.69, 9.17) is 15.3 Å². The molecular formula is C11H20N4O3S. The molecule has 108 valence electrons. The fourth-order valence-electron chi connectivity index (χ4n) is 1.38. The van der Waals surface area contributed by atoms with E-state index in [1.54, 1.807) is 6.92 Å². The van der Waals surface area contributed by atoms with Gasteiger partial charge in [-0.3, -0.25) is 0 Å². The maximum atomic E-state index is 12.3. The highest BCUT2D eigenvalue weighted by Crippen LogP contribution is 2.12. The molecule has 0 spiro atoms. The fourth-order valence-corrected chi connectivity index (χ4v) is 2.90. The van der Waals surface area contributed by atoms with Crippen LogP contribution in [-0.2, 0) is 14.9 Å². The van der Waals surface area contributed by atoms with Crippen LogP contribution in [0.25, 0.3) is 0 Å². The monoisotopic (exact) mass is 288 g/mol. The highest BCUT2D eigenvalue weighted by atomic mass is 32.2. The molecule has 0 aliphatic carbocycles. The van der Waals surface area contributed by atoms with Gasteiger partial charge >= 0.3 is 0 Å². The molecule has 8 heteroatoms. The highest BCUT2D eigenvalue weighted by molar-refractivity contribution is 7.86. The molecular weight excluding hydrogens is 268 g/mol. The molecule has 1 atom stereocenters. The Morgan fingerprint density at radius 3 is 2.37 bits per heavy atom. The van der Waals surface area contributed by atoms with E-state index in [9.17, 15) is 8.42 Å². The van der Waals surface area contributed by atoms with Crippen LogP contribution >= 0.6 is 0 Å².